The fraction of sp³-hybridized carbons (Fsp3) is 0.462. The van der Waals surface area contributed by atoms with Crippen molar-refractivity contribution in [3.05, 3.63) is 35.5 Å². The highest BCUT2D eigenvalue weighted by atomic mass is 127. The maximum Gasteiger partial charge on any atom is 0.0307 e. The Morgan fingerprint density at radius 2 is 2.21 bits per heavy atom. The molecule has 0 bridgehead atoms. The molecule has 2 aliphatic carbocycles. The predicted octanol–water partition coefficient (Wildman–Crippen LogP) is 3.86. The third-order valence-electron chi connectivity index (χ3n) is 2.88. The van der Waals surface area contributed by atoms with E-state index in [9.17, 15) is 0 Å². The second-order valence-corrected chi connectivity index (χ2v) is 6.63. The van der Waals surface area contributed by atoms with E-state index in [1.54, 1.807) is 5.57 Å². The minimum atomic E-state index is 0.200. The topological polar surface area (TPSA) is 0 Å². The Hall–Kier alpha value is -0.180. The molecule has 0 amide bonds. The third-order valence-corrected chi connectivity index (χ3v) is 5.18. The molecule has 1 heteroatoms. The zero-order valence-corrected chi connectivity index (χ0v) is 11.0. The van der Waals surface area contributed by atoms with Gasteiger partial charge in [0, 0.05) is 3.92 Å². The highest BCUT2D eigenvalue weighted by molar-refractivity contribution is 14.2. The van der Waals surface area contributed by atoms with Gasteiger partial charge in [0.15, 0.2) is 0 Å². The van der Waals surface area contributed by atoms with Gasteiger partial charge in [-0.1, -0.05) is 48.2 Å². The number of rotatable bonds is 2. The number of hydrogen-bond donors (Lipinski definition) is 0. The summed E-state index contributed by atoms with van der Waals surface area (Å²) >= 11 is 0.200. The molecule has 0 aromatic rings. The number of alkyl halides is 1. The molecule has 0 saturated heterocycles. The van der Waals surface area contributed by atoms with Gasteiger partial charge in [0.1, 0.15) is 0 Å². The van der Waals surface area contributed by atoms with Crippen molar-refractivity contribution in [2.45, 2.75) is 24.2 Å². The first-order valence-corrected chi connectivity index (χ1v) is 7.95. The molecule has 14 heavy (non-hydrogen) atoms. The Morgan fingerprint density at radius 1 is 1.43 bits per heavy atom. The summed E-state index contributed by atoms with van der Waals surface area (Å²) in [4.78, 5) is 0. The first kappa shape index (κ1) is 10.3. The van der Waals surface area contributed by atoms with E-state index >= 15 is 0 Å². The fourth-order valence-electron chi connectivity index (χ4n) is 1.81. The first-order valence-electron chi connectivity index (χ1n) is 5.18. The van der Waals surface area contributed by atoms with E-state index < -0.39 is 0 Å². The van der Waals surface area contributed by atoms with Gasteiger partial charge in [0.2, 0.25) is 0 Å². The minimum absolute atomic E-state index is 0.200. The fourth-order valence-corrected chi connectivity index (χ4v) is 3.37. The van der Waals surface area contributed by atoms with Gasteiger partial charge < -0.3 is 0 Å². The molecule has 3 atom stereocenters. The highest BCUT2D eigenvalue weighted by Gasteiger charge is 2.27. The Labute approximate surface area is 96.5 Å². The smallest absolute Gasteiger partial charge is 0.0307 e. The molecule has 0 aromatic heterocycles. The maximum absolute atomic E-state index is 4.06. The lowest BCUT2D eigenvalue weighted by atomic mass is 9.90. The summed E-state index contributed by atoms with van der Waals surface area (Å²) in [5.74, 6) is 1.23. The van der Waals surface area contributed by atoms with Crippen LogP contribution in [0.5, 0.6) is 0 Å². The zero-order valence-electron chi connectivity index (χ0n) is 8.83. The van der Waals surface area contributed by atoms with E-state index in [2.05, 4.69) is 42.7 Å². The third kappa shape index (κ3) is 2.25. The van der Waals surface area contributed by atoms with Crippen LogP contribution in [0.2, 0.25) is 0 Å². The van der Waals surface area contributed by atoms with Gasteiger partial charge in [-0.3, -0.25) is 0 Å². The van der Waals surface area contributed by atoms with Gasteiger partial charge in [-0.15, -0.1) is 20.7 Å². The van der Waals surface area contributed by atoms with Crippen LogP contribution < -0.4 is 0 Å². The summed E-state index contributed by atoms with van der Waals surface area (Å²) in [7, 11) is 0. The van der Waals surface area contributed by atoms with Crippen LogP contribution in [0.1, 0.15) is 20.3 Å². The van der Waals surface area contributed by atoms with Crippen LogP contribution in [0.4, 0.5) is 0 Å². The number of hydrogen-bond acceptors (Lipinski definition) is 0. The van der Waals surface area contributed by atoms with Crippen molar-refractivity contribution in [3.8, 4) is 0 Å². The van der Waals surface area contributed by atoms with E-state index in [0.717, 1.165) is 3.92 Å². The molecule has 0 spiro atoms. The quantitative estimate of drug-likeness (QED) is 0.413. The molecule has 1 fully saturated rings. The molecule has 0 N–H and O–H groups in total. The van der Waals surface area contributed by atoms with Crippen LogP contribution >= 0.6 is 20.7 Å². The minimum Gasteiger partial charge on any atom is -0.122 e. The normalized spacial score (nSPS) is 38.6. The molecular formula is C13H17I. The monoisotopic (exact) mass is 300 g/mol. The van der Waals surface area contributed by atoms with Crippen LogP contribution in [0, 0.1) is 11.8 Å². The van der Waals surface area contributed by atoms with Crippen molar-refractivity contribution in [1.29, 1.82) is 0 Å². The summed E-state index contributed by atoms with van der Waals surface area (Å²) < 4.78 is 4.97. The Morgan fingerprint density at radius 3 is 2.86 bits per heavy atom. The van der Waals surface area contributed by atoms with E-state index in [4.69, 9.17) is 0 Å². The van der Waals surface area contributed by atoms with Crippen LogP contribution in [0.15, 0.2) is 35.5 Å². The van der Waals surface area contributed by atoms with E-state index in [1.807, 2.05) is 0 Å². The van der Waals surface area contributed by atoms with Crippen molar-refractivity contribution < 1.29 is 0 Å². The standard InChI is InChI=1S/C13H17I/c1-9-4-5-10(2)11(6-9)7-12-8-13(12)14-3/h4-7,9-10,13H,3,8H2,1-2H3/b12-7-. The lowest BCUT2D eigenvalue weighted by Gasteiger charge is -2.15. The zero-order chi connectivity index (χ0) is 10.1. The average molecular weight is 300 g/mol. The number of allylic oxidation sites excluding steroid dienone is 6. The molecule has 0 heterocycles. The largest absolute Gasteiger partial charge is 0.122 e. The Kier molecular flexibility index (Phi) is 3.05. The summed E-state index contributed by atoms with van der Waals surface area (Å²) in [5.41, 5.74) is 3.18. The highest BCUT2D eigenvalue weighted by Crippen LogP contribution is 2.41. The SMILES string of the molecule is C=IC1C/C1=C/C1=CC(C)C=CC1C. The molecule has 0 aromatic carbocycles. The van der Waals surface area contributed by atoms with Gasteiger partial charge in [-0.05, 0) is 23.8 Å². The van der Waals surface area contributed by atoms with Crippen molar-refractivity contribution in [3.63, 3.8) is 0 Å². The van der Waals surface area contributed by atoms with E-state index in [1.165, 1.54) is 12.0 Å². The molecule has 1 saturated carbocycles. The van der Waals surface area contributed by atoms with Crippen molar-refractivity contribution >= 4 is 25.2 Å². The molecular weight excluding hydrogens is 283 g/mol. The molecule has 0 nitrogen and oxygen atoms in total. The maximum atomic E-state index is 4.06. The second kappa shape index (κ2) is 4.13. The van der Waals surface area contributed by atoms with Gasteiger partial charge in [0.25, 0.3) is 0 Å². The van der Waals surface area contributed by atoms with Crippen LogP contribution in [0.3, 0.4) is 0 Å². The van der Waals surface area contributed by atoms with Crippen molar-refractivity contribution in [2.24, 2.45) is 11.8 Å². The van der Waals surface area contributed by atoms with Crippen LogP contribution in [-0.4, -0.2) is 8.44 Å². The summed E-state index contributed by atoms with van der Waals surface area (Å²) in [6, 6.07) is 0. The van der Waals surface area contributed by atoms with Crippen molar-refractivity contribution in [2.75, 3.05) is 0 Å². The lowest BCUT2D eigenvalue weighted by Crippen LogP contribution is -2.02. The summed E-state index contributed by atoms with van der Waals surface area (Å²) in [6.07, 6.45) is 10.8. The molecule has 0 aliphatic heterocycles. The second-order valence-electron chi connectivity index (χ2n) is 4.24. The summed E-state index contributed by atoms with van der Waals surface area (Å²) in [6.45, 7) is 4.53. The summed E-state index contributed by atoms with van der Waals surface area (Å²) in [5, 5.41) is 0. The van der Waals surface area contributed by atoms with E-state index in [-0.39, 0.29) is 20.7 Å². The molecule has 2 aliphatic rings. The average Bonchev–Trinajstić information content (AvgIpc) is 2.90. The lowest BCUT2D eigenvalue weighted by molar-refractivity contribution is 0.794. The van der Waals surface area contributed by atoms with Crippen LogP contribution in [-0.2, 0) is 0 Å². The Bertz CT molecular complexity index is 333. The van der Waals surface area contributed by atoms with Gasteiger partial charge >= 0.3 is 0 Å². The van der Waals surface area contributed by atoms with Gasteiger partial charge in [0.05, 0.1) is 0 Å². The molecule has 3 unspecified atom stereocenters. The van der Waals surface area contributed by atoms with Gasteiger partial charge in [-0.2, -0.15) is 0 Å². The van der Waals surface area contributed by atoms with Gasteiger partial charge in [-0.25, -0.2) is 0 Å². The van der Waals surface area contributed by atoms with Crippen molar-refractivity contribution in [1.82, 2.24) is 0 Å². The molecule has 2 rings (SSSR count). The Balaban J connectivity index is 2.11. The van der Waals surface area contributed by atoms with E-state index in [0.29, 0.717) is 11.8 Å². The van der Waals surface area contributed by atoms with Crippen LogP contribution in [0.25, 0.3) is 0 Å². The number of halogens is 1. The molecule has 76 valence electrons. The first-order chi connectivity index (χ1) is 6.70. The molecule has 0 radical (unpaired) electrons. The predicted molar refractivity (Wildman–Crippen MR) is 73.2 cm³/mol.